The molecule has 0 fully saturated rings. The zero-order chi connectivity index (χ0) is 17.5. The van der Waals surface area contributed by atoms with E-state index in [0.717, 1.165) is 30.4 Å². The minimum Gasteiger partial charge on any atom is -0.289 e. The van der Waals surface area contributed by atoms with Crippen LogP contribution in [0.25, 0.3) is 0 Å². The molecule has 0 spiro atoms. The number of carbonyl (C=O) groups is 1. The maximum atomic E-state index is 12.5. The summed E-state index contributed by atoms with van der Waals surface area (Å²) in [6, 6.07) is 28.2. The van der Waals surface area contributed by atoms with Crippen LogP contribution in [-0.4, -0.2) is 5.78 Å². The first-order valence-electron chi connectivity index (χ1n) is 8.99. The van der Waals surface area contributed by atoms with Crippen molar-refractivity contribution in [3.05, 3.63) is 107 Å². The van der Waals surface area contributed by atoms with Gasteiger partial charge in [-0.1, -0.05) is 98.3 Å². The Balaban J connectivity index is 1.66. The van der Waals surface area contributed by atoms with Crippen LogP contribution < -0.4 is 0 Å². The maximum absolute atomic E-state index is 12.5. The van der Waals surface area contributed by atoms with Gasteiger partial charge in [0.25, 0.3) is 0 Å². The molecule has 0 aromatic heterocycles. The summed E-state index contributed by atoms with van der Waals surface area (Å²) in [6.07, 6.45) is 3.30. The molecule has 25 heavy (non-hydrogen) atoms. The first-order valence-corrected chi connectivity index (χ1v) is 8.99. The summed E-state index contributed by atoms with van der Waals surface area (Å²) in [7, 11) is 0. The van der Waals surface area contributed by atoms with Gasteiger partial charge in [-0.3, -0.25) is 4.79 Å². The third kappa shape index (κ3) is 4.67. The molecule has 1 heteroatoms. The zero-order valence-electron chi connectivity index (χ0n) is 14.7. The van der Waals surface area contributed by atoms with Crippen molar-refractivity contribution in [2.45, 2.75) is 26.2 Å². The lowest BCUT2D eigenvalue weighted by Gasteiger charge is -2.15. The molecule has 1 atom stereocenters. The van der Waals surface area contributed by atoms with E-state index in [4.69, 9.17) is 0 Å². The number of hydrogen-bond donors (Lipinski definition) is 0. The first-order chi connectivity index (χ1) is 12.3. The van der Waals surface area contributed by atoms with E-state index in [2.05, 4.69) is 49.4 Å². The van der Waals surface area contributed by atoms with Gasteiger partial charge in [0.05, 0.1) is 0 Å². The van der Waals surface area contributed by atoms with Crippen molar-refractivity contribution in [3.63, 3.8) is 0 Å². The Morgan fingerprint density at radius 2 is 1.16 bits per heavy atom. The van der Waals surface area contributed by atoms with Gasteiger partial charge in [0, 0.05) is 11.1 Å². The monoisotopic (exact) mass is 328 g/mol. The van der Waals surface area contributed by atoms with Crippen molar-refractivity contribution in [2.24, 2.45) is 5.92 Å². The van der Waals surface area contributed by atoms with Gasteiger partial charge in [-0.2, -0.15) is 0 Å². The summed E-state index contributed by atoms with van der Waals surface area (Å²) in [6.45, 7) is 2.25. The minimum atomic E-state index is 0.0866. The summed E-state index contributed by atoms with van der Waals surface area (Å²) >= 11 is 0. The SMILES string of the molecule is CCC(Cc1ccccc1)Cc1ccc(C(=O)c2ccccc2)cc1. The lowest BCUT2D eigenvalue weighted by atomic mass is 9.90. The van der Waals surface area contributed by atoms with Gasteiger partial charge < -0.3 is 0 Å². The van der Waals surface area contributed by atoms with Crippen molar-refractivity contribution in [1.29, 1.82) is 0 Å². The maximum Gasteiger partial charge on any atom is 0.193 e. The van der Waals surface area contributed by atoms with E-state index in [1.165, 1.54) is 11.1 Å². The molecule has 0 aliphatic carbocycles. The third-order valence-electron chi connectivity index (χ3n) is 4.72. The fraction of sp³-hybridized carbons (Fsp3) is 0.208. The van der Waals surface area contributed by atoms with Crippen LogP contribution >= 0.6 is 0 Å². The van der Waals surface area contributed by atoms with Crippen LogP contribution in [0.1, 0.15) is 40.4 Å². The minimum absolute atomic E-state index is 0.0866. The molecule has 0 bridgehead atoms. The van der Waals surface area contributed by atoms with Gasteiger partial charge >= 0.3 is 0 Å². The second kappa shape index (κ2) is 8.43. The standard InChI is InChI=1S/C24H24O/c1-2-19(17-20-9-5-3-6-10-20)18-21-13-15-23(16-14-21)24(25)22-11-7-4-8-12-22/h3-16,19H,2,17-18H2,1H3. The van der Waals surface area contributed by atoms with Crippen LogP contribution in [0, 0.1) is 5.92 Å². The quantitative estimate of drug-likeness (QED) is 0.506. The van der Waals surface area contributed by atoms with Gasteiger partial charge in [-0.25, -0.2) is 0 Å². The molecular formula is C24H24O. The average Bonchev–Trinajstić information content (AvgIpc) is 2.69. The fourth-order valence-corrected chi connectivity index (χ4v) is 3.19. The van der Waals surface area contributed by atoms with E-state index in [1.54, 1.807) is 0 Å². The lowest BCUT2D eigenvalue weighted by Crippen LogP contribution is -2.08. The van der Waals surface area contributed by atoms with Crippen LogP contribution in [-0.2, 0) is 12.8 Å². The van der Waals surface area contributed by atoms with E-state index >= 15 is 0 Å². The molecule has 0 aliphatic heterocycles. The molecule has 1 unspecified atom stereocenters. The highest BCUT2D eigenvalue weighted by Gasteiger charge is 2.11. The van der Waals surface area contributed by atoms with Gasteiger partial charge in [-0.15, -0.1) is 0 Å². The Labute approximate surface area is 150 Å². The highest BCUT2D eigenvalue weighted by atomic mass is 16.1. The summed E-state index contributed by atoms with van der Waals surface area (Å²) in [4.78, 5) is 12.5. The van der Waals surface area contributed by atoms with Crippen molar-refractivity contribution in [1.82, 2.24) is 0 Å². The van der Waals surface area contributed by atoms with Crippen LogP contribution in [0.4, 0.5) is 0 Å². The molecule has 0 saturated heterocycles. The molecule has 0 N–H and O–H groups in total. The molecule has 0 saturated carbocycles. The number of benzene rings is 3. The predicted molar refractivity (Wildman–Crippen MR) is 104 cm³/mol. The van der Waals surface area contributed by atoms with Gasteiger partial charge in [0.15, 0.2) is 5.78 Å². The molecule has 1 nitrogen and oxygen atoms in total. The molecular weight excluding hydrogens is 304 g/mol. The topological polar surface area (TPSA) is 17.1 Å². The summed E-state index contributed by atoms with van der Waals surface area (Å²) in [5.74, 6) is 0.710. The van der Waals surface area contributed by atoms with Crippen molar-refractivity contribution in [2.75, 3.05) is 0 Å². The second-order valence-corrected chi connectivity index (χ2v) is 6.56. The van der Waals surface area contributed by atoms with Gasteiger partial charge in [-0.05, 0) is 29.9 Å². The smallest absolute Gasteiger partial charge is 0.193 e. The molecule has 0 radical (unpaired) electrons. The van der Waals surface area contributed by atoms with Crippen molar-refractivity contribution >= 4 is 5.78 Å². The fourth-order valence-electron chi connectivity index (χ4n) is 3.19. The third-order valence-corrected chi connectivity index (χ3v) is 4.72. The Kier molecular flexibility index (Phi) is 5.79. The molecule has 0 heterocycles. The van der Waals surface area contributed by atoms with E-state index < -0.39 is 0 Å². The number of carbonyl (C=O) groups excluding carboxylic acids is 1. The highest BCUT2D eigenvalue weighted by Crippen LogP contribution is 2.19. The Morgan fingerprint density at radius 3 is 1.72 bits per heavy atom. The second-order valence-electron chi connectivity index (χ2n) is 6.56. The van der Waals surface area contributed by atoms with E-state index in [9.17, 15) is 4.79 Å². The Morgan fingerprint density at radius 1 is 0.680 bits per heavy atom. The van der Waals surface area contributed by atoms with E-state index in [0.29, 0.717) is 5.92 Å². The van der Waals surface area contributed by atoms with Crippen LogP contribution in [0.2, 0.25) is 0 Å². The number of hydrogen-bond acceptors (Lipinski definition) is 1. The van der Waals surface area contributed by atoms with Crippen LogP contribution in [0.3, 0.4) is 0 Å². The first kappa shape index (κ1) is 17.2. The summed E-state index contributed by atoms with van der Waals surface area (Å²) < 4.78 is 0. The van der Waals surface area contributed by atoms with E-state index in [-0.39, 0.29) is 5.78 Å². The molecule has 3 rings (SSSR count). The Bertz CT molecular complexity index is 789. The Hall–Kier alpha value is -2.67. The highest BCUT2D eigenvalue weighted by molar-refractivity contribution is 6.08. The average molecular weight is 328 g/mol. The number of rotatable bonds is 7. The van der Waals surface area contributed by atoms with Crippen LogP contribution in [0.15, 0.2) is 84.9 Å². The van der Waals surface area contributed by atoms with Crippen molar-refractivity contribution < 1.29 is 4.79 Å². The normalized spacial score (nSPS) is 11.9. The molecule has 3 aromatic carbocycles. The summed E-state index contributed by atoms with van der Waals surface area (Å²) in [5, 5.41) is 0. The zero-order valence-corrected chi connectivity index (χ0v) is 14.7. The van der Waals surface area contributed by atoms with Gasteiger partial charge in [0.1, 0.15) is 0 Å². The lowest BCUT2D eigenvalue weighted by molar-refractivity contribution is 0.103. The van der Waals surface area contributed by atoms with Crippen LogP contribution in [0.5, 0.6) is 0 Å². The number of ketones is 1. The molecule has 0 aliphatic rings. The largest absolute Gasteiger partial charge is 0.289 e. The van der Waals surface area contributed by atoms with E-state index in [1.807, 2.05) is 42.5 Å². The molecule has 126 valence electrons. The van der Waals surface area contributed by atoms with Crippen molar-refractivity contribution in [3.8, 4) is 0 Å². The predicted octanol–water partition coefficient (Wildman–Crippen LogP) is 5.73. The molecule has 3 aromatic rings. The van der Waals surface area contributed by atoms with Gasteiger partial charge in [0.2, 0.25) is 0 Å². The molecule has 0 amide bonds. The summed E-state index contributed by atoms with van der Waals surface area (Å²) in [5.41, 5.74) is 4.19.